The van der Waals surface area contributed by atoms with Crippen LogP contribution in [0.5, 0.6) is 5.75 Å². The Bertz CT molecular complexity index is 1170. The second-order valence-electron chi connectivity index (χ2n) is 8.43. The van der Waals surface area contributed by atoms with E-state index in [0.717, 1.165) is 71.5 Å². The Morgan fingerprint density at radius 1 is 1.16 bits per heavy atom. The van der Waals surface area contributed by atoms with Crippen molar-refractivity contribution in [2.45, 2.75) is 31.5 Å². The molecule has 0 aliphatic carbocycles. The van der Waals surface area contributed by atoms with E-state index in [9.17, 15) is 5.11 Å². The van der Waals surface area contributed by atoms with Crippen molar-refractivity contribution < 1.29 is 9.84 Å². The summed E-state index contributed by atoms with van der Waals surface area (Å²) in [5.74, 6) is 1.71. The van der Waals surface area contributed by atoms with Gasteiger partial charge in [-0.1, -0.05) is 24.3 Å². The number of rotatable bonds is 7. The highest BCUT2D eigenvalue weighted by Gasteiger charge is 2.23. The molecule has 4 aromatic rings. The molecule has 0 spiro atoms. The summed E-state index contributed by atoms with van der Waals surface area (Å²) in [6.45, 7) is 3.28. The minimum Gasteiger partial charge on any atom is -0.494 e. The summed E-state index contributed by atoms with van der Waals surface area (Å²) in [4.78, 5) is 14.8. The Hall–Kier alpha value is -3.00. The van der Waals surface area contributed by atoms with E-state index in [2.05, 4.69) is 31.2 Å². The molecule has 32 heavy (non-hydrogen) atoms. The number of imidazole rings is 1. The summed E-state index contributed by atoms with van der Waals surface area (Å²) >= 11 is 0. The molecule has 1 atom stereocenters. The Morgan fingerprint density at radius 2 is 2.00 bits per heavy atom. The van der Waals surface area contributed by atoms with Crippen LogP contribution >= 0.6 is 0 Å². The number of likely N-dealkylation sites (tertiary alicyclic amines) is 1. The number of benzene rings is 2. The van der Waals surface area contributed by atoms with Crippen molar-refractivity contribution in [3.63, 3.8) is 0 Å². The largest absolute Gasteiger partial charge is 0.494 e. The smallest absolute Gasteiger partial charge is 0.145 e. The standard InChI is InChI=1S/C25H29N5O2/c1-32-23-8-4-5-19-18(9-12-26-25(19)23)22(31)16-30-13-10-17(11-14-30)27-15-24-28-20-6-2-3-7-21(20)29-24/h2-9,12,17,22,27,31H,10-11,13-16H2,1H3,(H,28,29)/t22-/m0/s1. The topological polar surface area (TPSA) is 86.3 Å². The summed E-state index contributed by atoms with van der Waals surface area (Å²) in [5, 5.41) is 15.6. The number of methoxy groups -OCH3 is 1. The summed E-state index contributed by atoms with van der Waals surface area (Å²) in [6, 6.07) is 16.3. The SMILES string of the molecule is COc1cccc2c([C@@H](O)CN3CCC(NCc4nc5ccccc5[nH]4)CC3)ccnc12. The van der Waals surface area contributed by atoms with Gasteiger partial charge < -0.3 is 25.0 Å². The van der Waals surface area contributed by atoms with Gasteiger partial charge in [-0.3, -0.25) is 4.98 Å². The lowest BCUT2D eigenvalue weighted by Crippen LogP contribution is -2.43. The van der Waals surface area contributed by atoms with Gasteiger partial charge in [-0.15, -0.1) is 0 Å². The molecule has 3 heterocycles. The summed E-state index contributed by atoms with van der Waals surface area (Å²) < 4.78 is 5.43. The highest BCUT2D eigenvalue weighted by molar-refractivity contribution is 5.87. The first-order valence-corrected chi connectivity index (χ1v) is 11.2. The molecular weight excluding hydrogens is 402 g/mol. The van der Waals surface area contributed by atoms with Crippen molar-refractivity contribution in [2.75, 3.05) is 26.7 Å². The van der Waals surface area contributed by atoms with Crippen LogP contribution in [0.4, 0.5) is 0 Å². The molecule has 1 aliphatic rings. The maximum absolute atomic E-state index is 11.0. The van der Waals surface area contributed by atoms with Gasteiger partial charge in [0.15, 0.2) is 0 Å². The van der Waals surface area contributed by atoms with Gasteiger partial charge in [-0.2, -0.15) is 0 Å². The fourth-order valence-electron chi connectivity index (χ4n) is 4.62. The number of nitrogens with zero attached hydrogens (tertiary/aromatic N) is 3. The Morgan fingerprint density at radius 3 is 2.81 bits per heavy atom. The zero-order valence-electron chi connectivity index (χ0n) is 18.3. The summed E-state index contributed by atoms with van der Waals surface area (Å²) in [6.07, 6.45) is 3.29. The molecule has 1 aliphatic heterocycles. The van der Waals surface area contributed by atoms with Crippen molar-refractivity contribution in [3.05, 3.63) is 66.1 Å². The van der Waals surface area contributed by atoms with E-state index in [4.69, 9.17) is 4.74 Å². The van der Waals surface area contributed by atoms with Crippen LogP contribution in [0.25, 0.3) is 21.9 Å². The van der Waals surface area contributed by atoms with Crippen LogP contribution < -0.4 is 10.1 Å². The first kappa shape index (κ1) is 20.9. The maximum Gasteiger partial charge on any atom is 0.145 e. The van der Waals surface area contributed by atoms with Crippen molar-refractivity contribution in [3.8, 4) is 5.75 Å². The third-order valence-electron chi connectivity index (χ3n) is 6.36. The number of hydrogen-bond acceptors (Lipinski definition) is 6. The number of pyridine rings is 1. The van der Waals surface area contributed by atoms with Crippen molar-refractivity contribution in [1.82, 2.24) is 25.2 Å². The Kier molecular flexibility index (Phi) is 6.03. The molecule has 0 amide bonds. The zero-order valence-corrected chi connectivity index (χ0v) is 18.3. The third kappa shape index (κ3) is 4.32. The lowest BCUT2D eigenvalue weighted by molar-refractivity contribution is 0.0948. The monoisotopic (exact) mass is 431 g/mol. The fourth-order valence-corrected chi connectivity index (χ4v) is 4.62. The molecule has 0 radical (unpaired) electrons. The number of aliphatic hydroxyl groups excluding tert-OH is 1. The second-order valence-corrected chi connectivity index (χ2v) is 8.43. The van der Waals surface area contributed by atoms with E-state index in [1.165, 1.54) is 0 Å². The predicted molar refractivity (Wildman–Crippen MR) is 126 cm³/mol. The number of piperidine rings is 1. The highest BCUT2D eigenvalue weighted by Crippen LogP contribution is 2.29. The number of H-pyrrole nitrogens is 1. The Labute approximate surface area is 187 Å². The number of β-amino-alcohol motifs (C(OH)–C–C–N with tert-alkyl or cyclic N) is 1. The van der Waals surface area contributed by atoms with Gasteiger partial charge >= 0.3 is 0 Å². The molecule has 7 heteroatoms. The van der Waals surface area contributed by atoms with E-state index >= 15 is 0 Å². The lowest BCUT2D eigenvalue weighted by atomic mass is 10.0. The van der Waals surface area contributed by atoms with Crippen molar-refractivity contribution >= 4 is 21.9 Å². The number of aromatic nitrogens is 3. The maximum atomic E-state index is 11.0. The highest BCUT2D eigenvalue weighted by atomic mass is 16.5. The molecule has 1 fully saturated rings. The predicted octanol–water partition coefficient (Wildman–Crippen LogP) is 3.41. The number of hydrogen-bond donors (Lipinski definition) is 3. The fraction of sp³-hybridized carbons (Fsp3) is 0.360. The first-order chi connectivity index (χ1) is 15.7. The van der Waals surface area contributed by atoms with E-state index < -0.39 is 6.10 Å². The van der Waals surface area contributed by atoms with Crippen LogP contribution in [0, 0.1) is 0 Å². The van der Waals surface area contributed by atoms with E-state index in [0.29, 0.717) is 12.6 Å². The van der Waals surface area contributed by atoms with Crippen LogP contribution in [0.15, 0.2) is 54.7 Å². The minimum absolute atomic E-state index is 0.461. The lowest BCUT2D eigenvalue weighted by Gasteiger charge is -2.33. The molecule has 0 bridgehead atoms. The quantitative estimate of drug-likeness (QED) is 0.416. The van der Waals surface area contributed by atoms with Gasteiger partial charge in [-0.05, 0) is 55.8 Å². The van der Waals surface area contributed by atoms with Gasteiger partial charge in [0.05, 0.1) is 30.8 Å². The number of nitrogens with one attached hydrogen (secondary N) is 2. The minimum atomic E-state index is -0.562. The molecule has 5 rings (SSSR count). The number of para-hydroxylation sites is 3. The zero-order chi connectivity index (χ0) is 21.9. The molecule has 1 saturated heterocycles. The molecule has 3 N–H and O–H groups in total. The molecule has 2 aromatic heterocycles. The van der Waals surface area contributed by atoms with Crippen molar-refractivity contribution in [2.24, 2.45) is 0 Å². The van der Waals surface area contributed by atoms with Crippen LogP contribution in [-0.2, 0) is 6.54 Å². The average Bonchev–Trinajstić information content (AvgIpc) is 3.26. The van der Waals surface area contributed by atoms with Gasteiger partial charge in [0.25, 0.3) is 0 Å². The van der Waals surface area contributed by atoms with Gasteiger partial charge in [0, 0.05) is 24.2 Å². The number of aliphatic hydroxyl groups is 1. The van der Waals surface area contributed by atoms with E-state index in [1.807, 2.05) is 42.5 Å². The molecular formula is C25H29N5O2. The third-order valence-corrected chi connectivity index (χ3v) is 6.36. The number of ether oxygens (including phenoxy) is 1. The average molecular weight is 432 g/mol. The second kappa shape index (κ2) is 9.24. The normalized spacial score (nSPS) is 16.6. The van der Waals surface area contributed by atoms with Crippen molar-refractivity contribution in [1.29, 1.82) is 0 Å². The molecule has 0 unspecified atom stereocenters. The first-order valence-electron chi connectivity index (χ1n) is 11.2. The molecule has 166 valence electrons. The Balaban J connectivity index is 1.16. The molecule has 7 nitrogen and oxygen atoms in total. The molecule has 0 saturated carbocycles. The van der Waals surface area contributed by atoms with Crippen LogP contribution in [0.3, 0.4) is 0 Å². The van der Waals surface area contributed by atoms with Crippen LogP contribution in [0.1, 0.15) is 30.3 Å². The summed E-state index contributed by atoms with van der Waals surface area (Å²) in [5.41, 5.74) is 3.78. The summed E-state index contributed by atoms with van der Waals surface area (Å²) in [7, 11) is 1.64. The van der Waals surface area contributed by atoms with Gasteiger partial charge in [0.2, 0.25) is 0 Å². The van der Waals surface area contributed by atoms with Crippen LogP contribution in [0.2, 0.25) is 0 Å². The number of aromatic amines is 1. The van der Waals surface area contributed by atoms with E-state index in [-0.39, 0.29) is 0 Å². The number of fused-ring (bicyclic) bond motifs is 2. The van der Waals surface area contributed by atoms with E-state index in [1.54, 1.807) is 13.3 Å². The molecule has 2 aromatic carbocycles. The van der Waals surface area contributed by atoms with Gasteiger partial charge in [-0.25, -0.2) is 4.98 Å². The van der Waals surface area contributed by atoms with Gasteiger partial charge in [0.1, 0.15) is 17.1 Å². The van der Waals surface area contributed by atoms with Crippen LogP contribution in [-0.4, -0.2) is 57.7 Å².